The number of hydrogen-bond donors (Lipinski definition) is 0. The van der Waals surface area contributed by atoms with E-state index >= 15 is 0 Å². The van der Waals surface area contributed by atoms with Gasteiger partial charge in [-0.1, -0.05) is 26.0 Å². The second kappa shape index (κ2) is 12.1. The zero-order chi connectivity index (χ0) is 13.1. The molecule has 0 aliphatic heterocycles. The predicted octanol–water partition coefficient (Wildman–Crippen LogP) is 4.13. The average molecular weight is 270 g/mol. The van der Waals surface area contributed by atoms with Gasteiger partial charge >= 0.3 is 0 Å². The molecule has 0 bridgehead atoms. The summed E-state index contributed by atoms with van der Waals surface area (Å²) in [6, 6.07) is 0. The number of ether oxygens (including phenoxy) is 2. The molecule has 2 rings (SSSR count). The first-order chi connectivity index (χ1) is 8.86. The Hall–Kier alpha value is -0.960. The average Bonchev–Trinajstić information content (AvgIpc) is 2.43. The highest BCUT2D eigenvalue weighted by Gasteiger charge is 2.12. The van der Waals surface area contributed by atoms with Crippen molar-refractivity contribution in [1.82, 2.24) is 0 Å². The fourth-order valence-electron chi connectivity index (χ4n) is 2.67. The summed E-state index contributed by atoms with van der Waals surface area (Å²) in [4.78, 5) is 0. The Labute approximate surface area is 118 Å². The molecule has 112 valence electrons. The lowest BCUT2D eigenvalue weighted by Gasteiger charge is -2.20. The fourth-order valence-corrected chi connectivity index (χ4v) is 2.67. The summed E-state index contributed by atoms with van der Waals surface area (Å²) < 4.78 is 10.5. The topological polar surface area (TPSA) is 50.0 Å². The molecule has 3 nitrogen and oxygen atoms in total. The maximum absolute atomic E-state index is 5.25. The second-order valence-corrected chi connectivity index (χ2v) is 5.13. The molecule has 0 atom stereocenters. The highest BCUT2D eigenvalue weighted by molar-refractivity contribution is 4.68. The summed E-state index contributed by atoms with van der Waals surface area (Å²) in [6.45, 7) is 7.07. The van der Waals surface area contributed by atoms with Crippen molar-refractivity contribution in [3.05, 3.63) is 25.7 Å². The van der Waals surface area contributed by atoms with Crippen LogP contribution >= 0.6 is 0 Å². The Morgan fingerprint density at radius 1 is 0.632 bits per heavy atom. The van der Waals surface area contributed by atoms with Gasteiger partial charge in [-0.3, -0.25) is 0 Å². The molecule has 0 aromatic heterocycles. The molecule has 0 amide bonds. The third kappa shape index (κ3) is 8.71. The molecular formula is C16H30O3. The lowest BCUT2D eigenvalue weighted by atomic mass is 9.98. The normalized spacial score (nSPS) is 20.2. The van der Waals surface area contributed by atoms with Crippen LogP contribution in [0.25, 0.3) is 0 Å². The second-order valence-electron chi connectivity index (χ2n) is 5.13. The summed E-state index contributed by atoms with van der Waals surface area (Å²) in [6.07, 6.45) is 17.1. The smallest absolute Gasteiger partial charge is 0.0978 e. The van der Waals surface area contributed by atoms with Gasteiger partial charge in [0.05, 0.1) is 24.7 Å². The van der Waals surface area contributed by atoms with Crippen LogP contribution in [0.4, 0.5) is 0 Å². The first-order valence-electron chi connectivity index (χ1n) is 7.39. The van der Waals surface area contributed by atoms with Gasteiger partial charge in [-0.25, -0.2) is 0 Å². The predicted molar refractivity (Wildman–Crippen MR) is 79.9 cm³/mol. The van der Waals surface area contributed by atoms with E-state index in [-0.39, 0.29) is 5.48 Å². The van der Waals surface area contributed by atoms with Gasteiger partial charge in [-0.05, 0) is 51.4 Å². The van der Waals surface area contributed by atoms with Gasteiger partial charge in [0.2, 0.25) is 0 Å². The largest absolute Gasteiger partial charge is 0.499 e. The van der Waals surface area contributed by atoms with Crippen molar-refractivity contribution in [2.75, 3.05) is 0 Å². The third-order valence-electron chi connectivity index (χ3n) is 3.68. The Morgan fingerprint density at radius 2 is 0.947 bits per heavy atom. The molecule has 0 spiro atoms. The van der Waals surface area contributed by atoms with Crippen LogP contribution in [-0.2, 0) is 9.47 Å². The maximum atomic E-state index is 5.25. The first-order valence-corrected chi connectivity index (χ1v) is 7.39. The summed E-state index contributed by atoms with van der Waals surface area (Å²) in [5, 5.41) is 0. The van der Waals surface area contributed by atoms with E-state index in [4.69, 9.17) is 9.47 Å². The van der Waals surface area contributed by atoms with Crippen LogP contribution in [0.15, 0.2) is 25.7 Å². The molecule has 0 unspecified atom stereocenters. The highest BCUT2D eigenvalue weighted by Crippen LogP contribution is 2.20. The van der Waals surface area contributed by atoms with Gasteiger partial charge in [-0.15, -0.1) is 0 Å². The standard InChI is InChI=1S/2C8H14O.H2O/c2*1-2-9-8-6-4-3-5-7-8;/h2*2,8H,1,3-7H2;1H2. The molecule has 0 aromatic rings. The minimum absolute atomic E-state index is 0. The SMILES string of the molecule is C=COC1CCCCC1.C=COC1CCCCC1.O. The van der Waals surface area contributed by atoms with Crippen molar-refractivity contribution >= 4 is 0 Å². The monoisotopic (exact) mass is 270 g/mol. The number of rotatable bonds is 4. The molecule has 2 aliphatic carbocycles. The highest BCUT2D eigenvalue weighted by atomic mass is 16.5. The van der Waals surface area contributed by atoms with Gasteiger partial charge in [0, 0.05) is 0 Å². The van der Waals surface area contributed by atoms with Crippen molar-refractivity contribution in [2.45, 2.75) is 76.4 Å². The van der Waals surface area contributed by atoms with Gasteiger partial charge in [0.1, 0.15) is 0 Å². The molecule has 2 aliphatic rings. The molecule has 3 heteroatoms. The lowest BCUT2D eigenvalue weighted by molar-refractivity contribution is 0.107. The van der Waals surface area contributed by atoms with Gasteiger partial charge in [0.15, 0.2) is 0 Å². The van der Waals surface area contributed by atoms with Gasteiger partial charge < -0.3 is 14.9 Å². The molecule has 2 N–H and O–H groups in total. The van der Waals surface area contributed by atoms with Crippen molar-refractivity contribution in [3.63, 3.8) is 0 Å². The van der Waals surface area contributed by atoms with Crippen molar-refractivity contribution in [3.8, 4) is 0 Å². The Bertz CT molecular complexity index is 192. The minimum atomic E-state index is 0. The van der Waals surface area contributed by atoms with Crippen molar-refractivity contribution in [2.24, 2.45) is 0 Å². The first kappa shape index (κ1) is 18.0. The van der Waals surface area contributed by atoms with E-state index in [1.807, 2.05) is 0 Å². The van der Waals surface area contributed by atoms with Crippen LogP contribution in [0.2, 0.25) is 0 Å². The number of hydrogen-bond acceptors (Lipinski definition) is 2. The minimum Gasteiger partial charge on any atom is -0.499 e. The quantitative estimate of drug-likeness (QED) is 0.721. The molecule has 0 radical (unpaired) electrons. The van der Waals surface area contributed by atoms with E-state index in [0.29, 0.717) is 12.2 Å². The van der Waals surface area contributed by atoms with Gasteiger partial charge in [0.25, 0.3) is 0 Å². The molecule has 0 saturated heterocycles. The summed E-state index contributed by atoms with van der Waals surface area (Å²) >= 11 is 0. The molecule has 19 heavy (non-hydrogen) atoms. The summed E-state index contributed by atoms with van der Waals surface area (Å²) in [7, 11) is 0. The van der Waals surface area contributed by atoms with E-state index in [0.717, 1.165) is 0 Å². The van der Waals surface area contributed by atoms with E-state index in [1.54, 1.807) is 12.5 Å². The van der Waals surface area contributed by atoms with Crippen molar-refractivity contribution in [1.29, 1.82) is 0 Å². The fraction of sp³-hybridized carbons (Fsp3) is 0.750. The van der Waals surface area contributed by atoms with E-state index in [9.17, 15) is 0 Å². The van der Waals surface area contributed by atoms with Crippen molar-refractivity contribution < 1.29 is 14.9 Å². The Morgan fingerprint density at radius 3 is 1.21 bits per heavy atom. The van der Waals surface area contributed by atoms with Crippen LogP contribution in [0, 0.1) is 0 Å². The summed E-state index contributed by atoms with van der Waals surface area (Å²) in [5.41, 5.74) is 0. The van der Waals surface area contributed by atoms with Crippen LogP contribution in [0.1, 0.15) is 64.2 Å². The third-order valence-corrected chi connectivity index (χ3v) is 3.68. The van der Waals surface area contributed by atoms with Crippen LogP contribution in [-0.4, -0.2) is 17.7 Å². The molecule has 2 fully saturated rings. The van der Waals surface area contributed by atoms with Gasteiger partial charge in [-0.2, -0.15) is 0 Å². The maximum Gasteiger partial charge on any atom is 0.0978 e. The lowest BCUT2D eigenvalue weighted by Crippen LogP contribution is -2.13. The van der Waals surface area contributed by atoms with E-state index < -0.39 is 0 Å². The zero-order valence-corrected chi connectivity index (χ0v) is 12.1. The molecule has 0 aromatic carbocycles. The Balaban J connectivity index is 0.000000324. The summed E-state index contributed by atoms with van der Waals surface area (Å²) in [5.74, 6) is 0. The van der Waals surface area contributed by atoms with E-state index in [1.165, 1.54) is 64.2 Å². The van der Waals surface area contributed by atoms with Crippen LogP contribution < -0.4 is 0 Å². The zero-order valence-electron chi connectivity index (χ0n) is 12.1. The van der Waals surface area contributed by atoms with Crippen LogP contribution in [0.3, 0.4) is 0 Å². The van der Waals surface area contributed by atoms with E-state index in [2.05, 4.69) is 13.2 Å². The molecule has 0 heterocycles. The molecule has 2 saturated carbocycles. The van der Waals surface area contributed by atoms with Crippen LogP contribution in [0.5, 0.6) is 0 Å². The Kier molecular flexibility index (Phi) is 11.5. The molecular weight excluding hydrogens is 240 g/mol.